The maximum Gasteiger partial charge on any atom is 0.0991 e. The summed E-state index contributed by atoms with van der Waals surface area (Å²) >= 11 is 0. The summed E-state index contributed by atoms with van der Waals surface area (Å²) in [5.74, 6) is 0.616. The largest absolute Gasteiger partial charge is 0.382 e. The van der Waals surface area contributed by atoms with Gasteiger partial charge in [0.25, 0.3) is 0 Å². The third kappa shape index (κ3) is 3.28. The molecule has 0 radical (unpaired) electrons. The number of anilines is 1. The van der Waals surface area contributed by atoms with Gasteiger partial charge in [-0.3, -0.25) is 0 Å². The van der Waals surface area contributed by atoms with E-state index in [4.69, 9.17) is 5.26 Å². The van der Waals surface area contributed by atoms with Crippen molar-refractivity contribution in [1.29, 1.82) is 5.26 Å². The average Bonchev–Trinajstić information content (AvgIpc) is 2.26. The summed E-state index contributed by atoms with van der Waals surface area (Å²) in [6.07, 6.45) is 1.11. The van der Waals surface area contributed by atoms with E-state index in [9.17, 15) is 0 Å². The first-order valence-corrected chi connectivity index (χ1v) is 5.44. The average molecular weight is 202 g/mol. The van der Waals surface area contributed by atoms with Gasteiger partial charge in [0.1, 0.15) is 0 Å². The van der Waals surface area contributed by atoms with E-state index in [2.05, 4.69) is 32.2 Å². The zero-order valence-corrected chi connectivity index (χ0v) is 9.62. The normalized spacial score (nSPS) is 12.2. The predicted molar refractivity (Wildman–Crippen MR) is 63.7 cm³/mol. The first-order valence-electron chi connectivity index (χ1n) is 5.44. The van der Waals surface area contributed by atoms with Crippen LogP contribution in [0.1, 0.15) is 32.8 Å². The number of nitrogens with one attached hydrogen (secondary N) is 1. The molecule has 0 saturated heterocycles. The van der Waals surface area contributed by atoms with Gasteiger partial charge < -0.3 is 5.32 Å². The molecule has 0 aromatic heterocycles. The van der Waals surface area contributed by atoms with E-state index in [1.165, 1.54) is 0 Å². The lowest BCUT2D eigenvalue weighted by molar-refractivity contribution is 0.511. The van der Waals surface area contributed by atoms with Gasteiger partial charge in [0.15, 0.2) is 0 Å². The molecule has 1 rings (SSSR count). The van der Waals surface area contributed by atoms with E-state index in [0.29, 0.717) is 17.5 Å². The molecule has 0 fully saturated rings. The lowest BCUT2D eigenvalue weighted by Crippen LogP contribution is -2.24. The van der Waals surface area contributed by atoms with Gasteiger partial charge in [0.05, 0.1) is 11.6 Å². The minimum absolute atomic E-state index is 0.498. The van der Waals surface area contributed by atoms with E-state index >= 15 is 0 Å². The Bertz CT molecular complexity index is 333. The van der Waals surface area contributed by atoms with Gasteiger partial charge in [0, 0.05) is 11.7 Å². The summed E-state index contributed by atoms with van der Waals surface area (Å²) in [7, 11) is 0. The molecule has 0 aliphatic rings. The van der Waals surface area contributed by atoms with Gasteiger partial charge >= 0.3 is 0 Å². The van der Waals surface area contributed by atoms with Crippen molar-refractivity contribution in [3.63, 3.8) is 0 Å². The Kier molecular flexibility index (Phi) is 4.17. The van der Waals surface area contributed by atoms with Crippen LogP contribution < -0.4 is 5.32 Å². The van der Waals surface area contributed by atoms with Crippen molar-refractivity contribution >= 4 is 5.69 Å². The van der Waals surface area contributed by atoms with Crippen molar-refractivity contribution < 1.29 is 0 Å². The molecule has 2 nitrogen and oxygen atoms in total. The van der Waals surface area contributed by atoms with Crippen LogP contribution in [-0.4, -0.2) is 6.04 Å². The van der Waals surface area contributed by atoms with Crippen LogP contribution >= 0.6 is 0 Å². The van der Waals surface area contributed by atoms with Gasteiger partial charge in [-0.05, 0) is 36.6 Å². The molecule has 15 heavy (non-hydrogen) atoms. The molecule has 0 saturated carbocycles. The van der Waals surface area contributed by atoms with Crippen LogP contribution in [0.3, 0.4) is 0 Å². The Morgan fingerprint density at radius 3 is 2.27 bits per heavy atom. The number of nitrogens with zero attached hydrogens (tertiary/aromatic N) is 1. The van der Waals surface area contributed by atoms with Crippen molar-refractivity contribution in [2.24, 2.45) is 5.92 Å². The van der Waals surface area contributed by atoms with Gasteiger partial charge in [-0.1, -0.05) is 20.8 Å². The summed E-state index contributed by atoms with van der Waals surface area (Å²) in [6.45, 7) is 6.61. The molecule has 0 bridgehead atoms. The number of hydrogen-bond donors (Lipinski definition) is 1. The van der Waals surface area contributed by atoms with Crippen LogP contribution in [0.4, 0.5) is 5.69 Å². The van der Waals surface area contributed by atoms with Crippen LogP contribution in [0, 0.1) is 17.2 Å². The number of hydrogen-bond acceptors (Lipinski definition) is 2. The third-order valence-corrected chi connectivity index (χ3v) is 2.61. The lowest BCUT2D eigenvalue weighted by atomic mass is 10.0. The highest BCUT2D eigenvalue weighted by Gasteiger charge is 2.09. The number of rotatable bonds is 4. The smallest absolute Gasteiger partial charge is 0.0991 e. The zero-order chi connectivity index (χ0) is 11.3. The Labute approximate surface area is 91.9 Å². The minimum Gasteiger partial charge on any atom is -0.382 e. The van der Waals surface area contributed by atoms with Crippen LogP contribution in [0.15, 0.2) is 24.3 Å². The molecule has 1 aromatic rings. The van der Waals surface area contributed by atoms with Crippen molar-refractivity contribution in [3.8, 4) is 6.07 Å². The first-order chi connectivity index (χ1) is 7.17. The Hall–Kier alpha value is -1.49. The second kappa shape index (κ2) is 5.41. The summed E-state index contributed by atoms with van der Waals surface area (Å²) < 4.78 is 0. The van der Waals surface area contributed by atoms with Gasteiger partial charge in [-0.25, -0.2) is 0 Å². The van der Waals surface area contributed by atoms with Crippen molar-refractivity contribution in [3.05, 3.63) is 29.8 Å². The molecule has 0 spiro atoms. The Morgan fingerprint density at radius 2 is 1.87 bits per heavy atom. The second-order valence-corrected chi connectivity index (χ2v) is 4.09. The molecular weight excluding hydrogens is 184 g/mol. The van der Waals surface area contributed by atoms with E-state index in [-0.39, 0.29) is 0 Å². The molecule has 0 aliphatic heterocycles. The van der Waals surface area contributed by atoms with Crippen molar-refractivity contribution in [2.75, 3.05) is 5.32 Å². The van der Waals surface area contributed by atoms with Crippen LogP contribution in [-0.2, 0) is 0 Å². The van der Waals surface area contributed by atoms with E-state index in [1.807, 2.05) is 24.3 Å². The van der Waals surface area contributed by atoms with E-state index in [0.717, 1.165) is 12.1 Å². The highest BCUT2D eigenvalue weighted by molar-refractivity contribution is 5.47. The molecule has 0 amide bonds. The summed E-state index contributed by atoms with van der Waals surface area (Å²) in [6, 6.07) is 10.2. The van der Waals surface area contributed by atoms with Gasteiger partial charge in [0.2, 0.25) is 0 Å². The number of nitriles is 1. The summed E-state index contributed by atoms with van der Waals surface area (Å²) in [5.41, 5.74) is 1.80. The molecular formula is C13H18N2. The first kappa shape index (κ1) is 11.6. The van der Waals surface area contributed by atoms with E-state index in [1.54, 1.807) is 0 Å². The SMILES string of the molecule is CC[C@H](Nc1ccc(C#N)cc1)C(C)C. The van der Waals surface area contributed by atoms with Crippen LogP contribution in [0.25, 0.3) is 0 Å². The molecule has 2 heteroatoms. The number of benzene rings is 1. The zero-order valence-electron chi connectivity index (χ0n) is 9.62. The van der Waals surface area contributed by atoms with Gasteiger partial charge in [-0.15, -0.1) is 0 Å². The summed E-state index contributed by atoms with van der Waals surface area (Å²) in [5, 5.41) is 12.1. The molecule has 0 aliphatic carbocycles. The van der Waals surface area contributed by atoms with Crippen molar-refractivity contribution in [1.82, 2.24) is 0 Å². The third-order valence-electron chi connectivity index (χ3n) is 2.61. The quantitative estimate of drug-likeness (QED) is 0.812. The molecule has 1 atom stereocenters. The summed E-state index contributed by atoms with van der Waals surface area (Å²) in [4.78, 5) is 0. The fourth-order valence-electron chi connectivity index (χ4n) is 1.60. The van der Waals surface area contributed by atoms with E-state index < -0.39 is 0 Å². The minimum atomic E-state index is 0.498. The maximum absolute atomic E-state index is 8.67. The highest BCUT2D eigenvalue weighted by Crippen LogP contribution is 2.15. The molecule has 0 heterocycles. The molecule has 0 unspecified atom stereocenters. The lowest BCUT2D eigenvalue weighted by Gasteiger charge is -2.21. The van der Waals surface area contributed by atoms with Gasteiger partial charge in [-0.2, -0.15) is 5.26 Å². The fourth-order valence-corrected chi connectivity index (χ4v) is 1.60. The molecule has 1 aromatic carbocycles. The predicted octanol–water partition coefficient (Wildman–Crippen LogP) is 3.40. The standard InChI is InChI=1S/C13H18N2/c1-4-13(10(2)3)15-12-7-5-11(9-14)6-8-12/h5-8,10,13,15H,4H2,1-3H3/t13-/m0/s1. The maximum atomic E-state index is 8.67. The van der Waals surface area contributed by atoms with Crippen LogP contribution in [0.2, 0.25) is 0 Å². The Balaban J connectivity index is 2.68. The molecule has 1 N–H and O–H groups in total. The Morgan fingerprint density at radius 1 is 1.27 bits per heavy atom. The molecule has 80 valence electrons. The highest BCUT2D eigenvalue weighted by atomic mass is 14.9. The van der Waals surface area contributed by atoms with Crippen LogP contribution in [0.5, 0.6) is 0 Å². The topological polar surface area (TPSA) is 35.8 Å². The fraction of sp³-hybridized carbons (Fsp3) is 0.462. The van der Waals surface area contributed by atoms with Crippen molar-refractivity contribution in [2.45, 2.75) is 33.2 Å². The second-order valence-electron chi connectivity index (χ2n) is 4.09. The monoisotopic (exact) mass is 202 g/mol.